The number of halogens is 1. The monoisotopic (exact) mass is 146 g/mol. The Morgan fingerprint density at radius 3 is 2.90 bits per heavy atom. The maximum Gasteiger partial charge on any atom is 0.102 e. The maximum atomic E-state index is 12.7. The molecule has 1 fully saturated rings. The highest BCUT2D eigenvalue weighted by molar-refractivity contribution is 4.76. The molecular weight excluding hydrogens is 131 g/mol. The largest absolute Gasteiger partial charge is 0.318 e. The SMILES string of the molecule is NCNC1CCCC(F)C1. The molecule has 0 spiro atoms. The van der Waals surface area contributed by atoms with E-state index >= 15 is 0 Å². The minimum Gasteiger partial charge on any atom is -0.318 e. The molecular formula is C7H15FN2. The summed E-state index contributed by atoms with van der Waals surface area (Å²) in [6.45, 7) is 0.470. The number of nitrogens with two attached hydrogens (primary N) is 1. The predicted octanol–water partition coefficient (Wildman–Crippen LogP) is 0.773. The van der Waals surface area contributed by atoms with E-state index in [0.717, 1.165) is 19.3 Å². The van der Waals surface area contributed by atoms with Crippen LogP contribution in [-0.2, 0) is 0 Å². The third kappa shape index (κ3) is 2.23. The van der Waals surface area contributed by atoms with Crippen molar-refractivity contribution in [2.24, 2.45) is 5.73 Å². The quantitative estimate of drug-likeness (QED) is 0.565. The first-order valence-corrected chi connectivity index (χ1v) is 3.90. The van der Waals surface area contributed by atoms with Gasteiger partial charge in [0.1, 0.15) is 6.17 Å². The standard InChI is InChI=1S/C7H15FN2/c8-6-2-1-3-7(4-6)10-5-9/h6-7,10H,1-5,9H2. The molecule has 3 heteroatoms. The molecule has 1 aliphatic carbocycles. The third-order valence-corrected chi connectivity index (χ3v) is 2.02. The molecule has 2 atom stereocenters. The van der Waals surface area contributed by atoms with Gasteiger partial charge in [0.15, 0.2) is 0 Å². The molecule has 0 aromatic heterocycles. The number of nitrogens with one attached hydrogen (secondary N) is 1. The molecule has 0 aromatic rings. The number of hydrogen-bond donors (Lipinski definition) is 2. The van der Waals surface area contributed by atoms with Gasteiger partial charge in [0.25, 0.3) is 0 Å². The summed E-state index contributed by atoms with van der Waals surface area (Å²) in [4.78, 5) is 0. The lowest BCUT2D eigenvalue weighted by molar-refractivity contribution is 0.214. The fourth-order valence-electron chi connectivity index (χ4n) is 1.48. The molecule has 0 saturated heterocycles. The highest BCUT2D eigenvalue weighted by Crippen LogP contribution is 2.20. The van der Waals surface area contributed by atoms with Crippen molar-refractivity contribution in [3.63, 3.8) is 0 Å². The van der Waals surface area contributed by atoms with E-state index in [0.29, 0.717) is 19.1 Å². The summed E-state index contributed by atoms with van der Waals surface area (Å²) in [5.41, 5.74) is 5.27. The summed E-state index contributed by atoms with van der Waals surface area (Å²) in [7, 11) is 0. The summed E-state index contributed by atoms with van der Waals surface area (Å²) in [5, 5.41) is 3.05. The zero-order valence-corrected chi connectivity index (χ0v) is 6.15. The Kier molecular flexibility index (Phi) is 3.09. The summed E-state index contributed by atoms with van der Waals surface area (Å²) >= 11 is 0. The molecule has 1 rings (SSSR count). The smallest absolute Gasteiger partial charge is 0.102 e. The van der Waals surface area contributed by atoms with Crippen molar-refractivity contribution in [2.45, 2.75) is 37.9 Å². The van der Waals surface area contributed by atoms with E-state index in [2.05, 4.69) is 5.32 Å². The summed E-state index contributed by atoms with van der Waals surface area (Å²) < 4.78 is 12.7. The van der Waals surface area contributed by atoms with Gasteiger partial charge >= 0.3 is 0 Å². The lowest BCUT2D eigenvalue weighted by atomic mass is 9.94. The van der Waals surface area contributed by atoms with Crippen molar-refractivity contribution >= 4 is 0 Å². The Labute approximate surface area is 61.0 Å². The van der Waals surface area contributed by atoms with Crippen molar-refractivity contribution in [3.8, 4) is 0 Å². The van der Waals surface area contributed by atoms with Crippen LogP contribution in [0.1, 0.15) is 25.7 Å². The van der Waals surface area contributed by atoms with Gasteiger partial charge in [-0.15, -0.1) is 0 Å². The molecule has 1 aliphatic rings. The molecule has 0 aliphatic heterocycles. The zero-order valence-electron chi connectivity index (χ0n) is 6.15. The average Bonchev–Trinajstić information content (AvgIpc) is 1.88. The molecule has 0 heterocycles. The number of hydrogen-bond acceptors (Lipinski definition) is 2. The van der Waals surface area contributed by atoms with Crippen LogP contribution < -0.4 is 11.1 Å². The van der Waals surface area contributed by atoms with Crippen LogP contribution in [0.25, 0.3) is 0 Å². The second-order valence-electron chi connectivity index (χ2n) is 2.87. The summed E-state index contributed by atoms with van der Waals surface area (Å²) in [6, 6.07) is 0.328. The molecule has 3 N–H and O–H groups in total. The van der Waals surface area contributed by atoms with Crippen LogP contribution in [0.5, 0.6) is 0 Å². The second kappa shape index (κ2) is 3.88. The molecule has 1 saturated carbocycles. The van der Waals surface area contributed by atoms with E-state index in [4.69, 9.17) is 5.73 Å². The van der Waals surface area contributed by atoms with Crippen LogP contribution in [0.3, 0.4) is 0 Å². The summed E-state index contributed by atoms with van der Waals surface area (Å²) in [6.07, 6.45) is 2.87. The highest BCUT2D eigenvalue weighted by atomic mass is 19.1. The minimum atomic E-state index is -0.599. The normalized spacial score (nSPS) is 34.2. The number of rotatable bonds is 2. The number of alkyl halides is 1. The Bertz CT molecular complexity index is 95.6. The topological polar surface area (TPSA) is 38.0 Å². The van der Waals surface area contributed by atoms with Gasteiger partial charge in [-0.2, -0.15) is 0 Å². The van der Waals surface area contributed by atoms with Crippen LogP contribution in [0.2, 0.25) is 0 Å². The summed E-state index contributed by atoms with van der Waals surface area (Å²) in [5.74, 6) is 0. The molecule has 0 radical (unpaired) electrons. The van der Waals surface area contributed by atoms with Crippen molar-refractivity contribution in [2.75, 3.05) is 6.67 Å². The van der Waals surface area contributed by atoms with E-state index < -0.39 is 6.17 Å². The first-order chi connectivity index (χ1) is 4.83. The van der Waals surface area contributed by atoms with Gasteiger partial charge in [0, 0.05) is 12.7 Å². The van der Waals surface area contributed by atoms with Crippen molar-refractivity contribution in [1.82, 2.24) is 5.32 Å². The maximum absolute atomic E-state index is 12.7. The Morgan fingerprint density at radius 1 is 1.50 bits per heavy atom. The fraction of sp³-hybridized carbons (Fsp3) is 1.00. The van der Waals surface area contributed by atoms with E-state index in [-0.39, 0.29) is 0 Å². The zero-order chi connectivity index (χ0) is 7.40. The predicted molar refractivity (Wildman–Crippen MR) is 39.3 cm³/mol. The first-order valence-electron chi connectivity index (χ1n) is 3.90. The van der Waals surface area contributed by atoms with Crippen LogP contribution in [0.15, 0.2) is 0 Å². The van der Waals surface area contributed by atoms with Gasteiger partial charge in [0.2, 0.25) is 0 Å². The first kappa shape index (κ1) is 7.95. The van der Waals surface area contributed by atoms with Crippen LogP contribution >= 0.6 is 0 Å². The van der Waals surface area contributed by atoms with E-state index in [1.165, 1.54) is 0 Å². The van der Waals surface area contributed by atoms with Crippen LogP contribution in [-0.4, -0.2) is 18.9 Å². The van der Waals surface area contributed by atoms with Crippen molar-refractivity contribution in [1.29, 1.82) is 0 Å². The third-order valence-electron chi connectivity index (χ3n) is 2.02. The van der Waals surface area contributed by atoms with Gasteiger partial charge in [0.05, 0.1) is 0 Å². The lowest BCUT2D eigenvalue weighted by Gasteiger charge is -2.24. The van der Waals surface area contributed by atoms with Crippen LogP contribution in [0.4, 0.5) is 4.39 Å². The van der Waals surface area contributed by atoms with E-state index in [1.807, 2.05) is 0 Å². The Morgan fingerprint density at radius 2 is 2.30 bits per heavy atom. The lowest BCUT2D eigenvalue weighted by Crippen LogP contribution is -2.38. The highest BCUT2D eigenvalue weighted by Gasteiger charge is 2.19. The second-order valence-corrected chi connectivity index (χ2v) is 2.87. The molecule has 0 aromatic carbocycles. The van der Waals surface area contributed by atoms with Gasteiger partial charge in [-0.25, -0.2) is 4.39 Å². The Hall–Kier alpha value is -0.150. The molecule has 2 unspecified atom stereocenters. The molecule has 10 heavy (non-hydrogen) atoms. The van der Waals surface area contributed by atoms with Crippen molar-refractivity contribution in [3.05, 3.63) is 0 Å². The molecule has 60 valence electrons. The minimum absolute atomic E-state index is 0.328. The van der Waals surface area contributed by atoms with E-state index in [9.17, 15) is 4.39 Å². The molecule has 0 amide bonds. The van der Waals surface area contributed by atoms with Gasteiger partial charge in [-0.1, -0.05) is 0 Å². The van der Waals surface area contributed by atoms with Crippen LogP contribution in [0, 0.1) is 0 Å². The van der Waals surface area contributed by atoms with Gasteiger partial charge < -0.3 is 11.1 Å². The van der Waals surface area contributed by atoms with Crippen molar-refractivity contribution < 1.29 is 4.39 Å². The van der Waals surface area contributed by atoms with Gasteiger partial charge in [-0.05, 0) is 25.7 Å². The Balaban J connectivity index is 2.18. The van der Waals surface area contributed by atoms with Gasteiger partial charge in [-0.3, -0.25) is 0 Å². The van der Waals surface area contributed by atoms with E-state index in [1.54, 1.807) is 0 Å². The fourth-order valence-corrected chi connectivity index (χ4v) is 1.48. The average molecular weight is 146 g/mol. The molecule has 0 bridgehead atoms. The molecule has 2 nitrogen and oxygen atoms in total.